The topological polar surface area (TPSA) is 0 Å². The van der Waals surface area contributed by atoms with Crippen LogP contribution in [0.5, 0.6) is 0 Å². The maximum atomic E-state index is 11.7. The van der Waals surface area contributed by atoms with Crippen LogP contribution in [-0.4, -0.2) is 29.7 Å². The molecular formula is C12H24FSb. The van der Waals surface area contributed by atoms with Crippen molar-refractivity contribution in [3.05, 3.63) is 0 Å². The molecule has 0 N–H and O–H groups in total. The minimum atomic E-state index is -0.127. The van der Waals surface area contributed by atoms with Gasteiger partial charge in [-0.25, -0.2) is 0 Å². The third-order valence-electron chi connectivity index (χ3n) is 2.54. The standard InChI is InChI=1S/C12H24F.Sb/c1-2-3-4-5-6-7-8-9-10-11-12-13;/h1-12H2;. The quantitative estimate of drug-likeness (QED) is 0.391. The van der Waals surface area contributed by atoms with E-state index in [0.29, 0.717) is 0 Å². The van der Waals surface area contributed by atoms with E-state index in [9.17, 15) is 4.39 Å². The Kier molecular flexibility index (Phi) is 14.5. The molecule has 0 rings (SSSR count). The van der Waals surface area contributed by atoms with Crippen molar-refractivity contribution < 1.29 is 4.39 Å². The van der Waals surface area contributed by atoms with Crippen LogP contribution >= 0.6 is 0 Å². The molecule has 0 aromatic carbocycles. The summed E-state index contributed by atoms with van der Waals surface area (Å²) in [7, 11) is 0. The SMILES string of the molecule is FCCCCCCCCCCC[CH2][Sb]. The molecule has 0 saturated carbocycles. The molecule has 0 nitrogen and oxygen atoms in total. The first-order chi connectivity index (χ1) is 6.91. The van der Waals surface area contributed by atoms with Crippen LogP contribution in [0.25, 0.3) is 0 Å². The van der Waals surface area contributed by atoms with Crippen molar-refractivity contribution in [1.29, 1.82) is 0 Å². The summed E-state index contributed by atoms with van der Waals surface area (Å²) in [5, 5.41) is 0. The Hall–Kier alpha value is 0.748. The van der Waals surface area contributed by atoms with E-state index in [2.05, 4.69) is 0 Å². The summed E-state index contributed by atoms with van der Waals surface area (Å²) < 4.78 is 13.1. The number of hydrogen-bond donors (Lipinski definition) is 0. The Morgan fingerprint density at radius 3 is 1.29 bits per heavy atom. The number of hydrogen-bond acceptors (Lipinski definition) is 0. The summed E-state index contributed by atoms with van der Waals surface area (Å²) in [4.78, 5) is 0. The van der Waals surface area contributed by atoms with Crippen LogP contribution in [0.3, 0.4) is 0 Å². The summed E-state index contributed by atoms with van der Waals surface area (Å²) in [6, 6.07) is 0. The Morgan fingerprint density at radius 2 is 0.929 bits per heavy atom. The van der Waals surface area contributed by atoms with Gasteiger partial charge in [-0.1, -0.05) is 0 Å². The molecule has 2 heteroatoms. The monoisotopic (exact) mass is 308 g/mol. The van der Waals surface area contributed by atoms with Gasteiger partial charge in [0.2, 0.25) is 0 Å². The third kappa shape index (κ3) is 12.7. The van der Waals surface area contributed by atoms with Crippen molar-refractivity contribution in [2.24, 2.45) is 0 Å². The van der Waals surface area contributed by atoms with Gasteiger partial charge in [0.1, 0.15) is 0 Å². The number of unbranched alkanes of at least 4 members (excludes halogenated alkanes) is 9. The predicted molar refractivity (Wildman–Crippen MR) is 62.7 cm³/mol. The van der Waals surface area contributed by atoms with Gasteiger partial charge >= 0.3 is 98.3 Å². The van der Waals surface area contributed by atoms with Gasteiger partial charge in [-0.15, -0.1) is 0 Å². The van der Waals surface area contributed by atoms with Crippen molar-refractivity contribution in [3.63, 3.8) is 0 Å². The van der Waals surface area contributed by atoms with E-state index in [1.807, 2.05) is 23.0 Å². The van der Waals surface area contributed by atoms with Gasteiger partial charge in [0.15, 0.2) is 0 Å². The van der Waals surface area contributed by atoms with Crippen LogP contribution in [-0.2, 0) is 0 Å². The van der Waals surface area contributed by atoms with Crippen molar-refractivity contribution >= 4 is 23.0 Å². The molecule has 14 heavy (non-hydrogen) atoms. The van der Waals surface area contributed by atoms with Crippen LogP contribution in [0.2, 0.25) is 4.37 Å². The summed E-state index contributed by atoms with van der Waals surface area (Å²) in [5.74, 6) is 0. The van der Waals surface area contributed by atoms with E-state index in [4.69, 9.17) is 0 Å². The second-order valence-corrected chi connectivity index (χ2v) is 5.22. The first-order valence-electron chi connectivity index (χ1n) is 6.08. The van der Waals surface area contributed by atoms with Crippen LogP contribution in [0.15, 0.2) is 0 Å². The molecule has 0 fully saturated rings. The minimum absolute atomic E-state index is 0.127. The summed E-state index contributed by atoms with van der Waals surface area (Å²) in [6.07, 6.45) is 12.9. The van der Waals surface area contributed by atoms with Gasteiger partial charge in [0.25, 0.3) is 0 Å². The predicted octanol–water partition coefficient (Wildman–Crippen LogP) is 4.44. The van der Waals surface area contributed by atoms with Crippen molar-refractivity contribution in [1.82, 2.24) is 0 Å². The Labute approximate surface area is 103 Å². The molecule has 0 aromatic rings. The molecule has 0 unspecified atom stereocenters. The molecule has 0 aromatic heterocycles. The number of halogens is 1. The molecule has 0 aliphatic heterocycles. The molecule has 0 aliphatic carbocycles. The first kappa shape index (κ1) is 14.7. The average molecular weight is 309 g/mol. The van der Waals surface area contributed by atoms with Gasteiger partial charge in [-0.2, -0.15) is 0 Å². The Morgan fingerprint density at radius 1 is 0.571 bits per heavy atom. The molecule has 0 bridgehead atoms. The van der Waals surface area contributed by atoms with Crippen LogP contribution < -0.4 is 0 Å². The van der Waals surface area contributed by atoms with Crippen LogP contribution in [0.1, 0.15) is 64.2 Å². The second kappa shape index (κ2) is 13.7. The van der Waals surface area contributed by atoms with Gasteiger partial charge in [-0.05, 0) is 0 Å². The van der Waals surface area contributed by atoms with E-state index in [-0.39, 0.29) is 6.67 Å². The zero-order chi connectivity index (χ0) is 10.5. The molecule has 0 aliphatic rings. The zero-order valence-corrected chi connectivity index (χ0v) is 11.9. The number of rotatable bonds is 11. The van der Waals surface area contributed by atoms with Crippen molar-refractivity contribution in [2.45, 2.75) is 68.6 Å². The molecule has 0 atom stereocenters. The van der Waals surface area contributed by atoms with E-state index in [1.165, 1.54) is 55.7 Å². The molecule has 0 spiro atoms. The summed E-state index contributed by atoms with van der Waals surface area (Å²) in [6.45, 7) is -0.127. The fraction of sp³-hybridized carbons (Fsp3) is 1.00. The molecule has 84 valence electrons. The molecular weight excluding hydrogens is 285 g/mol. The van der Waals surface area contributed by atoms with Crippen molar-refractivity contribution in [2.75, 3.05) is 6.67 Å². The van der Waals surface area contributed by atoms with Gasteiger partial charge in [-0.3, -0.25) is 4.39 Å². The Bertz CT molecular complexity index is 84.3. The fourth-order valence-electron chi connectivity index (χ4n) is 1.62. The molecule has 2 radical (unpaired) electrons. The van der Waals surface area contributed by atoms with Gasteiger partial charge in [0.05, 0.1) is 0 Å². The maximum absolute atomic E-state index is 11.7. The normalized spacial score (nSPS) is 10.7. The summed E-state index contributed by atoms with van der Waals surface area (Å²) in [5.41, 5.74) is 0. The van der Waals surface area contributed by atoms with E-state index >= 15 is 0 Å². The van der Waals surface area contributed by atoms with Gasteiger partial charge < -0.3 is 0 Å². The van der Waals surface area contributed by atoms with Gasteiger partial charge in [0, 0.05) is 0 Å². The molecule has 0 saturated heterocycles. The van der Waals surface area contributed by atoms with Crippen LogP contribution in [0.4, 0.5) is 4.39 Å². The van der Waals surface area contributed by atoms with Crippen molar-refractivity contribution in [3.8, 4) is 0 Å². The zero-order valence-electron chi connectivity index (χ0n) is 9.31. The second-order valence-electron chi connectivity index (χ2n) is 3.95. The van der Waals surface area contributed by atoms with E-state index < -0.39 is 0 Å². The summed E-state index contributed by atoms with van der Waals surface area (Å²) >= 11 is 1.94. The van der Waals surface area contributed by atoms with Crippen LogP contribution in [0, 0.1) is 0 Å². The first-order valence-corrected chi connectivity index (χ1v) is 7.89. The third-order valence-corrected chi connectivity index (χ3v) is 3.44. The Balaban J connectivity index is 2.78. The molecule has 0 heterocycles. The average Bonchev–Trinajstić information content (AvgIpc) is 2.21. The molecule has 0 amide bonds. The van der Waals surface area contributed by atoms with E-state index in [1.54, 1.807) is 0 Å². The number of alkyl halides is 1. The van der Waals surface area contributed by atoms with E-state index in [0.717, 1.165) is 12.8 Å². The fourth-order valence-corrected chi connectivity index (χ4v) is 2.26.